The standard InChI is InChI=1S/C13H26N2/c1-14-11-12-6-2-3-7-13(10-12)15-8-4-5-9-15/h12-14H,2-11H2,1H3. The molecule has 0 radical (unpaired) electrons. The van der Waals surface area contributed by atoms with Gasteiger partial charge < -0.3 is 10.2 Å². The Morgan fingerprint density at radius 3 is 2.53 bits per heavy atom. The summed E-state index contributed by atoms with van der Waals surface area (Å²) in [4.78, 5) is 2.76. The number of hydrogen-bond donors (Lipinski definition) is 1. The third kappa shape index (κ3) is 3.18. The Hall–Kier alpha value is -0.0800. The van der Waals surface area contributed by atoms with Crippen molar-refractivity contribution in [1.82, 2.24) is 10.2 Å². The predicted molar refractivity (Wildman–Crippen MR) is 65.1 cm³/mol. The van der Waals surface area contributed by atoms with Crippen molar-refractivity contribution >= 4 is 0 Å². The van der Waals surface area contributed by atoms with Gasteiger partial charge in [-0.1, -0.05) is 12.8 Å². The lowest BCUT2D eigenvalue weighted by atomic mass is 9.97. The molecule has 2 rings (SSSR count). The second-order valence-electron chi connectivity index (χ2n) is 5.34. The van der Waals surface area contributed by atoms with E-state index in [9.17, 15) is 0 Å². The van der Waals surface area contributed by atoms with E-state index in [4.69, 9.17) is 0 Å². The Kier molecular flexibility index (Phi) is 4.45. The van der Waals surface area contributed by atoms with E-state index in [0.717, 1.165) is 12.0 Å². The van der Waals surface area contributed by atoms with Crippen LogP contribution >= 0.6 is 0 Å². The second-order valence-corrected chi connectivity index (χ2v) is 5.34. The first-order valence-corrected chi connectivity index (χ1v) is 6.79. The molecule has 2 unspecified atom stereocenters. The summed E-state index contributed by atoms with van der Waals surface area (Å²) in [6.07, 6.45) is 10.1. The fourth-order valence-corrected chi connectivity index (χ4v) is 3.35. The topological polar surface area (TPSA) is 15.3 Å². The van der Waals surface area contributed by atoms with Crippen molar-refractivity contribution in [3.63, 3.8) is 0 Å². The molecule has 0 aromatic rings. The molecule has 2 atom stereocenters. The minimum absolute atomic E-state index is 0.911. The quantitative estimate of drug-likeness (QED) is 0.719. The van der Waals surface area contributed by atoms with E-state index in [1.165, 1.54) is 64.6 Å². The van der Waals surface area contributed by atoms with Crippen LogP contribution in [0.4, 0.5) is 0 Å². The van der Waals surface area contributed by atoms with Crippen molar-refractivity contribution in [2.24, 2.45) is 5.92 Å². The zero-order valence-electron chi connectivity index (χ0n) is 10.2. The van der Waals surface area contributed by atoms with Crippen LogP contribution in [0.5, 0.6) is 0 Å². The highest BCUT2D eigenvalue weighted by molar-refractivity contribution is 4.82. The smallest absolute Gasteiger partial charge is 0.00983 e. The molecule has 1 aliphatic heterocycles. The first-order chi connectivity index (χ1) is 7.40. The van der Waals surface area contributed by atoms with Crippen LogP contribution in [0.1, 0.15) is 44.9 Å². The van der Waals surface area contributed by atoms with Crippen molar-refractivity contribution in [1.29, 1.82) is 0 Å². The molecule has 1 aliphatic carbocycles. The zero-order valence-corrected chi connectivity index (χ0v) is 10.2. The molecule has 1 saturated carbocycles. The highest BCUT2D eigenvalue weighted by Crippen LogP contribution is 2.28. The maximum Gasteiger partial charge on any atom is 0.00983 e. The Labute approximate surface area is 94.4 Å². The molecule has 2 aliphatic rings. The van der Waals surface area contributed by atoms with E-state index in [2.05, 4.69) is 17.3 Å². The van der Waals surface area contributed by atoms with E-state index in [1.54, 1.807) is 0 Å². The number of nitrogens with zero attached hydrogens (tertiary/aromatic N) is 1. The van der Waals surface area contributed by atoms with E-state index in [1.807, 2.05) is 0 Å². The molecule has 1 saturated heterocycles. The molecular weight excluding hydrogens is 184 g/mol. The third-order valence-electron chi connectivity index (χ3n) is 4.15. The van der Waals surface area contributed by atoms with Crippen molar-refractivity contribution in [2.45, 2.75) is 51.0 Å². The predicted octanol–water partition coefficient (Wildman–Crippen LogP) is 2.25. The summed E-state index contributed by atoms with van der Waals surface area (Å²) in [6, 6.07) is 0.911. The number of nitrogens with one attached hydrogen (secondary N) is 1. The minimum Gasteiger partial charge on any atom is -0.319 e. The van der Waals surface area contributed by atoms with Gasteiger partial charge in [-0.05, 0) is 64.7 Å². The fraction of sp³-hybridized carbons (Fsp3) is 1.00. The number of hydrogen-bond acceptors (Lipinski definition) is 2. The van der Waals surface area contributed by atoms with Gasteiger partial charge in [0.05, 0.1) is 0 Å². The van der Waals surface area contributed by atoms with E-state index >= 15 is 0 Å². The van der Waals surface area contributed by atoms with Gasteiger partial charge >= 0.3 is 0 Å². The summed E-state index contributed by atoms with van der Waals surface area (Å²) in [5.74, 6) is 0.933. The van der Waals surface area contributed by atoms with Crippen LogP contribution in [0, 0.1) is 5.92 Å². The van der Waals surface area contributed by atoms with Gasteiger partial charge in [0.15, 0.2) is 0 Å². The Morgan fingerprint density at radius 2 is 1.80 bits per heavy atom. The first-order valence-electron chi connectivity index (χ1n) is 6.79. The molecule has 0 amide bonds. The van der Waals surface area contributed by atoms with Crippen LogP contribution in [-0.2, 0) is 0 Å². The maximum absolute atomic E-state index is 3.36. The van der Waals surface area contributed by atoms with E-state index in [0.29, 0.717) is 0 Å². The molecule has 2 heteroatoms. The van der Waals surface area contributed by atoms with Crippen molar-refractivity contribution in [3.05, 3.63) is 0 Å². The molecule has 2 fully saturated rings. The number of likely N-dealkylation sites (tertiary alicyclic amines) is 1. The van der Waals surface area contributed by atoms with Crippen molar-refractivity contribution in [2.75, 3.05) is 26.7 Å². The van der Waals surface area contributed by atoms with Crippen LogP contribution in [-0.4, -0.2) is 37.6 Å². The van der Waals surface area contributed by atoms with Gasteiger partial charge in [0.25, 0.3) is 0 Å². The van der Waals surface area contributed by atoms with Gasteiger partial charge in [-0.25, -0.2) is 0 Å². The summed E-state index contributed by atoms with van der Waals surface area (Å²) in [7, 11) is 2.09. The molecule has 2 nitrogen and oxygen atoms in total. The molecule has 1 heterocycles. The SMILES string of the molecule is CNCC1CCCCC(N2CCCC2)C1. The van der Waals surface area contributed by atoms with Crippen LogP contribution in [0.3, 0.4) is 0 Å². The minimum atomic E-state index is 0.911. The lowest BCUT2D eigenvalue weighted by molar-refractivity contribution is 0.202. The summed E-state index contributed by atoms with van der Waals surface area (Å²) >= 11 is 0. The molecule has 88 valence electrons. The molecular formula is C13H26N2. The molecule has 0 bridgehead atoms. The summed E-state index contributed by atoms with van der Waals surface area (Å²) in [5, 5.41) is 3.36. The average Bonchev–Trinajstić information content (AvgIpc) is 2.67. The molecule has 15 heavy (non-hydrogen) atoms. The average molecular weight is 210 g/mol. The zero-order chi connectivity index (χ0) is 10.5. The lowest BCUT2D eigenvalue weighted by Gasteiger charge is -2.28. The van der Waals surface area contributed by atoms with Gasteiger partial charge in [-0.3, -0.25) is 0 Å². The third-order valence-corrected chi connectivity index (χ3v) is 4.15. The van der Waals surface area contributed by atoms with Crippen LogP contribution in [0.15, 0.2) is 0 Å². The van der Waals surface area contributed by atoms with E-state index in [-0.39, 0.29) is 0 Å². The Balaban J connectivity index is 1.86. The lowest BCUT2D eigenvalue weighted by Crippen LogP contribution is -2.35. The summed E-state index contributed by atoms with van der Waals surface area (Å²) in [6.45, 7) is 3.97. The monoisotopic (exact) mass is 210 g/mol. The van der Waals surface area contributed by atoms with Gasteiger partial charge in [0, 0.05) is 6.04 Å². The van der Waals surface area contributed by atoms with E-state index < -0.39 is 0 Å². The van der Waals surface area contributed by atoms with Gasteiger partial charge in [-0.2, -0.15) is 0 Å². The van der Waals surface area contributed by atoms with Crippen LogP contribution in [0.2, 0.25) is 0 Å². The summed E-state index contributed by atoms with van der Waals surface area (Å²) < 4.78 is 0. The van der Waals surface area contributed by atoms with Gasteiger partial charge in [0.1, 0.15) is 0 Å². The maximum atomic E-state index is 3.36. The number of rotatable bonds is 3. The normalized spacial score (nSPS) is 34.2. The Bertz CT molecular complexity index is 175. The van der Waals surface area contributed by atoms with Crippen molar-refractivity contribution in [3.8, 4) is 0 Å². The first kappa shape index (κ1) is 11.4. The fourth-order valence-electron chi connectivity index (χ4n) is 3.35. The summed E-state index contributed by atoms with van der Waals surface area (Å²) in [5.41, 5.74) is 0. The largest absolute Gasteiger partial charge is 0.319 e. The molecule has 0 spiro atoms. The Morgan fingerprint density at radius 1 is 1.07 bits per heavy atom. The molecule has 0 aromatic heterocycles. The van der Waals surface area contributed by atoms with Crippen LogP contribution < -0.4 is 5.32 Å². The molecule has 0 aromatic carbocycles. The van der Waals surface area contributed by atoms with Crippen molar-refractivity contribution < 1.29 is 0 Å². The molecule has 1 N–H and O–H groups in total. The van der Waals surface area contributed by atoms with Crippen LogP contribution in [0.25, 0.3) is 0 Å². The van der Waals surface area contributed by atoms with Gasteiger partial charge in [-0.15, -0.1) is 0 Å². The highest BCUT2D eigenvalue weighted by Gasteiger charge is 2.26. The second kappa shape index (κ2) is 5.86. The van der Waals surface area contributed by atoms with Gasteiger partial charge in [0.2, 0.25) is 0 Å². The highest BCUT2D eigenvalue weighted by atomic mass is 15.2.